The molecule has 1 aromatic rings. The van der Waals surface area contributed by atoms with Crippen molar-refractivity contribution in [1.29, 1.82) is 0 Å². The molecule has 0 saturated heterocycles. The predicted octanol–water partition coefficient (Wildman–Crippen LogP) is 2.61. The minimum Gasteiger partial charge on any atom is -0.493 e. The van der Waals surface area contributed by atoms with Gasteiger partial charge < -0.3 is 19.7 Å². The summed E-state index contributed by atoms with van der Waals surface area (Å²) in [5.41, 5.74) is 2.40. The fourth-order valence-corrected chi connectivity index (χ4v) is 2.97. The SMILES string of the molecule is COc1cc2c(cc1OC)CN(C(=O)CCNCCC(C)C)CC2. The van der Waals surface area contributed by atoms with Crippen molar-refractivity contribution in [2.45, 2.75) is 39.7 Å². The van der Waals surface area contributed by atoms with E-state index in [1.54, 1.807) is 14.2 Å². The molecular weight excluding hydrogens is 304 g/mol. The van der Waals surface area contributed by atoms with Crippen LogP contribution in [0.3, 0.4) is 0 Å². The van der Waals surface area contributed by atoms with Crippen LogP contribution in [0, 0.1) is 5.92 Å². The molecule has 5 heteroatoms. The highest BCUT2D eigenvalue weighted by Crippen LogP contribution is 2.33. The van der Waals surface area contributed by atoms with Gasteiger partial charge in [-0.1, -0.05) is 13.8 Å². The summed E-state index contributed by atoms with van der Waals surface area (Å²) in [6.45, 7) is 7.57. The van der Waals surface area contributed by atoms with Crippen molar-refractivity contribution in [2.24, 2.45) is 5.92 Å². The van der Waals surface area contributed by atoms with Gasteiger partial charge in [-0.3, -0.25) is 4.79 Å². The molecule has 0 unspecified atom stereocenters. The van der Waals surface area contributed by atoms with E-state index in [1.165, 1.54) is 5.56 Å². The van der Waals surface area contributed by atoms with E-state index in [-0.39, 0.29) is 5.91 Å². The van der Waals surface area contributed by atoms with E-state index in [2.05, 4.69) is 19.2 Å². The van der Waals surface area contributed by atoms with E-state index in [1.807, 2.05) is 17.0 Å². The maximum Gasteiger partial charge on any atom is 0.224 e. The minimum absolute atomic E-state index is 0.215. The Kier molecular flexibility index (Phi) is 6.91. The summed E-state index contributed by atoms with van der Waals surface area (Å²) in [5.74, 6) is 2.39. The highest BCUT2D eigenvalue weighted by Gasteiger charge is 2.22. The summed E-state index contributed by atoms with van der Waals surface area (Å²) in [5, 5.41) is 3.36. The molecular formula is C19H30N2O3. The lowest BCUT2D eigenvalue weighted by molar-refractivity contribution is -0.132. The molecule has 0 aliphatic carbocycles. The molecule has 1 N–H and O–H groups in total. The average Bonchev–Trinajstić information content (AvgIpc) is 2.59. The molecule has 5 nitrogen and oxygen atoms in total. The first-order chi connectivity index (χ1) is 11.5. The molecule has 1 aromatic carbocycles. The number of nitrogens with one attached hydrogen (secondary N) is 1. The number of hydrogen-bond acceptors (Lipinski definition) is 4. The summed E-state index contributed by atoms with van der Waals surface area (Å²) in [6, 6.07) is 4.03. The Morgan fingerprint density at radius 3 is 2.46 bits per heavy atom. The maximum atomic E-state index is 12.4. The van der Waals surface area contributed by atoms with Gasteiger partial charge in [-0.2, -0.15) is 0 Å². The highest BCUT2D eigenvalue weighted by atomic mass is 16.5. The van der Waals surface area contributed by atoms with E-state index in [4.69, 9.17) is 9.47 Å². The fourth-order valence-electron chi connectivity index (χ4n) is 2.97. The number of carbonyl (C=O) groups excluding carboxylic acids is 1. The second-order valence-corrected chi connectivity index (χ2v) is 6.72. The van der Waals surface area contributed by atoms with Crippen LogP contribution in [0.25, 0.3) is 0 Å². The zero-order valence-electron chi connectivity index (χ0n) is 15.4. The molecule has 0 radical (unpaired) electrons. The molecule has 0 fully saturated rings. The van der Waals surface area contributed by atoms with Crippen molar-refractivity contribution < 1.29 is 14.3 Å². The number of carbonyl (C=O) groups is 1. The van der Waals surface area contributed by atoms with Crippen LogP contribution in [0.5, 0.6) is 11.5 Å². The molecule has 1 aliphatic heterocycles. The third-order valence-corrected chi connectivity index (χ3v) is 4.48. The fraction of sp³-hybridized carbons (Fsp3) is 0.632. The lowest BCUT2D eigenvalue weighted by Crippen LogP contribution is -2.37. The monoisotopic (exact) mass is 334 g/mol. The normalized spacial score (nSPS) is 13.8. The number of nitrogens with zero attached hydrogens (tertiary/aromatic N) is 1. The van der Waals surface area contributed by atoms with Gasteiger partial charge in [0.1, 0.15) is 0 Å². The van der Waals surface area contributed by atoms with Gasteiger partial charge in [0.2, 0.25) is 5.91 Å². The van der Waals surface area contributed by atoms with Crippen LogP contribution >= 0.6 is 0 Å². The van der Waals surface area contributed by atoms with E-state index in [9.17, 15) is 4.79 Å². The quantitative estimate of drug-likeness (QED) is 0.743. The first-order valence-electron chi connectivity index (χ1n) is 8.77. The molecule has 0 saturated carbocycles. The Balaban J connectivity index is 1.88. The number of amides is 1. The zero-order valence-corrected chi connectivity index (χ0v) is 15.4. The first-order valence-corrected chi connectivity index (χ1v) is 8.77. The summed E-state index contributed by atoms with van der Waals surface area (Å²) in [7, 11) is 3.29. The minimum atomic E-state index is 0.215. The zero-order chi connectivity index (χ0) is 17.5. The van der Waals surface area contributed by atoms with E-state index in [0.29, 0.717) is 18.9 Å². The predicted molar refractivity (Wildman–Crippen MR) is 95.6 cm³/mol. The Hall–Kier alpha value is -1.75. The maximum absolute atomic E-state index is 12.4. The van der Waals surface area contributed by atoms with Gasteiger partial charge in [0, 0.05) is 26.1 Å². The number of fused-ring (bicyclic) bond motifs is 1. The number of methoxy groups -OCH3 is 2. The Labute approximate surface area is 145 Å². The molecule has 24 heavy (non-hydrogen) atoms. The summed E-state index contributed by atoms with van der Waals surface area (Å²) < 4.78 is 10.7. The van der Waals surface area contributed by atoms with Crippen LogP contribution in [0.4, 0.5) is 0 Å². The Morgan fingerprint density at radius 2 is 1.83 bits per heavy atom. The van der Waals surface area contributed by atoms with Crippen molar-refractivity contribution in [1.82, 2.24) is 10.2 Å². The number of benzene rings is 1. The van der Waals surface area contributed by atoms with Crippen molar-refractivity contribution >= 4 is 5.91 Å². The third-order valence-electron chi connectivity index (χ3n) is 4.48. The smallest absolute Gasteiger partial charge is 0.224 e. The van der Waals surface area contributed by atoms with E-state index >= 15 is 0 Å². The van der Waals surface area contributed by atoms with Gasteiger partial charge in [0.05, 0.1) is 14.2 Å². The molecule has 0 atom stereocenters. The number of rotatable bonds is 8. The first kappa shape index (κ1) is 18.6. The lowest BCUT2D eigenvalue weighted by atomic mass is 9.98. The van der Waals surface area contributed by atoms with Crippen LogP contribution in [0.15, 0.2) is 12.1 Å². The van der Waals surface area contributed by atoms with Crippen molar-refractivity contribution in [3.8, 4) is 11.5 Å². The summed E-state index contributed by atoms with van der Waals surface area (Å²) in [4.78, 5) is 14.4. The molecule has 2 rings (SSSR count). The second kappa shape index (κ2) is 8.92. The molecule has 0 spiro atoms. The third kappa shape index (κ3) is 4.87. The molecule has 1 heterocycles. The van der Waals surface area contributed by atoms with E-state index in [0.717, 1.165) is 49.5 Å². The highest BCUT2D eigenvalue weighted by molar-refractivity contribution is 5.76. The largest absolute Gasteiger partial charge is 0.493 e. The van der Waals surface area contributed by atoms with Gasteiger partial charge in [-0.25, -0.2) is 0 Å². The molecule has 0 aromatic heterocycles. The number of ether oxygens (including phenoxy) is 2. The Morgan fingerprint density at radius 1 is 1.17 bits per heavy atom. The van der Waals surface area contributed by atoms with Gasteiger partial charge in [-0.05, 0) is 48.6 Å². The molecule has 1 amide bonds. The van der Waals surface area contributed by atoms with Crippen LogP contribution in [0.1, 0.15) is 37.8 Å². The van der Waals surface area contributed by atoms with Crippen LogP contribution in [-0.2, 0) is 17.8 Å². The molecule has 0 bridgehead atoms. The van der Waals surface area contributed by atoms with E-state index < -0.39 is 0 Å². The van der Waals surface area contributed by atoms with Gasteiger partial charge >= 0.3 is 0 Å². The van der Waals surface area contributed by atoms with Crippen molar-refractivity contribution in [2.75, 3.05) is 33.9 Å². The summed E-state index contributed by atoms with van der Waals surface area (Å²) in [6.07, 6.45) is 2.57. The topological polar surface area (TPSA) is 50.8 Å². The Bertz CT molecular complexity index is 558. The summed E-state index contributed by atoms with van der Waals surface area (Å²) >= 11 is 0. The second-order valence-electron chi connectivity index (χ2n) is 6.72. The molecule has 134 valence electrons. The molecule has 1 aliphatic rings. The standard InChI is InChI=1S/C19H30N2O3/c1-14(2)5-8-20-9-6-19(22)21-10-7-15-11-17(23-3)18(24-4)12-16(15)13-21/h11-12,14,20H,5-10,13H2,1-4H3. The van der Waals surface area contributed by atoms with Crippen LogP contribution in [0.2, 0.25) is 0 Å². The van der Waals surface area contributed by atoms with Crippen molar-refractivity contribution in [3.63, 3.8) is 0 Å². The average molecular weight is 334 g/mol. The van der Waals surface area contributed by atoms with Crippen LogP contribution < -0.4 is 14.8 Å². The van der Waals surface area contributed by atoms with Crippen LogP contribution in [-0.4, -0.2) is 44.7 Å². The van der Waals surface area contributed by atoms with Crippen molar-refractivity contribution in [3.05, 3.63) is 23.3 Å². The van der Waals surface area contributed by atoms with Gasteiger partial charge in [0.25, 0.3) is 0 Å². The van der Waals surface area contributed by atoms with Gasteiger partial charge in [-0.15, -0.1) is 0 Å². The van der Waals surface area contributed by atoms with Gasteiger partial charge in [0.15, 0.2) is 11.5 Å². The number of hydrogen-bond donors (Lipinski definition) is 1. The lowest BCUT2D eigenvalue weighted by Gasteiger charge is -2.29.